The largest absolute Gasteiger partial charge is 0.379 e. The summed E-state index contributed by atoms with van der Waals surface area (Å²) in [5.41, 5.74) is 0.409. The summed E-state index contributed by atoms with van der Waals surface area (Å²) in [7, 11) is 0. The van der Waals surface area contributed by atoms with Crippen LogP contribution in [0.2, 0.25) is 0 Å². The summed E-state index contributed by atoms with van der Waals surface area (Å²) < 4.78 is 19.6. The molecule has 0 aliphatic carbocycles. The quantitative estimate of drug-likeness (QED) is 0.591. The second-order valence-electron chi connectivity index (χ2n) is 5.66. The zero-order valence-electron chi connectivity index (χ0n) is 13.2. The molecule has 2 heterocycles. The molecule has 0 spiro atoms. The summed E-state index contributed by atoms with van der Waals surface area (Å²) in [6.45, 7) is 4.93. The molecule has 128 valence electrons. The predicted molar refractivity (Wildman–Crippen MR) is 98.2 cm³/mol. The Morgan fingerprint density at radius 2 is 2.00 bits per heavy atom. The Labute approximate surface area is 150 Å². The molecule has 0 radical (unpaired) electrons. The maximum absolute atomic E-state index is 13.7. The van der Waals surface area contributed by atoms with Crippen molar-refractivity contribution in [3.63, 3.8) is 0 Å². The van der Waals surface area contributed by atoms with E-state index in [1.54, 1.807) is 29.2 Å². The van der Waals surface area contributed by atoms with Gasteiger partial charge in [-0.25, -0.2) is 4.39 Å². The molecule has 1 amide bonds. The summed E-state index contributed by atoms with van der Waals surface area (Å²) in [5.74, 6) is -0.467. The second kappa shape index (κ2) is 8.20. The number of hydrogen-bond acceptors (Lipinski definition) is 5. The molecule has 3 rings (SSSR count). The van der Waals surface area contributed by atoms with E-state index >= 15 is 0 Å². The van der Waals surface area contributed by atoms with Gasteiger partial charge in [-0.3, -0.25) is 14.6 Å². The van der Waals surface area contributed by atoms with Crippen molar-refractivity contribution >= 4 is 40.3 Å². The molecule has 24 heavy (non-hydrogen) atoms. The van der Waals surface area contributed by atoms with Gasteiger partial charge < -0.3 is 4.74 Å². The van der Waals surface area contributed by atoms with Crippen LogP contribution < -0.4 is 0 Å². The third-order valence-corrected chi connectivity index (χ3v) is 5.40. The lowest BCUT2D eigenvalue weighted by atomic mass is 10.2. The fraction of sp³-hybridized carbons (Fsp3) is 0.412. The van der Waals surface area contributed by atoms with Crippen LogP contribution in [0.1, 0.15) is 12.0 Å². The number of morpholine rings is 1. The number of amides is 1. The van der Waals surface area contributed by atoms with E-state index in [1.165, 1.54) is 17.8 Å². The average molecular weight is 366 g/mol. The Bertz CT molecular complexity index is 660. The third-order valence-electron chi connectivity index (χ3n) is 4.03. The van der Waals surface area contributed by atoms with Crippen LogP contribution in [0.4, 0.5) is 4.39 Å². The number of hydrogen-bond donors (Lipinski definition) is 0. The molecule has 0 bridgehead atoms. The van der Waals surface area contributed by atoms with Crippen molar-refractivity contribution in [3.8, 4) is 0 Å². The van der Waals surface area contributed by atoms with Crippen molar-refractivity contribution in [3.05, 3.63) is 40.6 Å². The highest BCUT2D eigenvalue weighted by Gasteiger charge is 2.31. The first-order valence-corrected chi connectivity index (χ1v) is 9.17. The maximum atomic E-state index is 13.7. The highest BCUT2D eigenvalue weighted by atomic mass is 32.2. The molecule has 0 saturated carbocycles. The number of thiocarbonyl (C=S) groups is 1. The number of nitrogens with zero attached hydrogens (tertiary/aromatic N) is 2. The molecule has 2 aliphatic rings. The molecular formula is C17H19FN2O2S2. The van der Waals surface area contributed by atoms with Crippen LogP contribution in [0.25, 0.3) is 6.08 Å². The monoisotopic (exact) mass is 366 g/mol. The number of ether oxygens (including phenoxy) is 1. The summed E-state index contributed by atoms with van der Waals surface area (Å²) in [4.78, 5) is 16.9. The molecular weight excluding hydrogens is 347 g/mol. The van der Waals surface area contributed by atoms with E-state index in [2.05, 4.69) is 4.90 Å². The standard InChI is InChI=1S/C17H19FN2O2S2/c18-14-5-2-1-4-13(14)12-15-16(21)20(17(23)24-15)7-3-6-19-8-10-22-11-9-19/h1-2,4-5,12H,3,6-11H2/b15-12-. The van der Waals surface area contributed by atoms with Crippen molar-refractivity contribution in [1.29, 1.82) is 0 Å². The Morgan fingerprint density at radius 3 is 2.75 bits per heavy atom. The molecule has 2 saturated heterocycles. The van der Waals surface area contributed by atoms with E-state index in [9.17, 15) is 9.18 Å². The normalized spacial score (nSPS) is 21.0. The topological polar surface area (TPSA) is 32.8 Å². The van der Waals surface area contributed by atoms with Crippen LogP contribution in [0.15, 0.2) is 29.2 Å². The van der Waals surface area contributed by atoms with Crippen LogP contribution >= 0.6 is 24.0 Å². The zero-order valence-corrected chi connectivity index (χ0v) is 14.9. The molecule has 0 atom stereocenters. The van der Waals surface area contributed by atoms with Crippen molar-refractivity contribution in [2.45, 2.75) is 6.42 Å². The molecule has 4 nitrogen and oxygen atoms in total. The number of carbonyl (C=O) groups excluding carboxylic acids is 1. The Balaban J connectivity index is 1.58. The van der Waals surface area contributed by atoms with Gasteiger partial charge in [0.15, 0.2) is 0 Å². The molecule has 2 aliphatic heterocycles. The average Bonchev–Trinajstić information content (AvgIpc) is 2.85. The van der Waals surface area contributed by atoms with E-state index in [-0.39, 0.29) is 11.7 Å². The molecule has 1 aromatic carbocycles. The van der Waals surface area contributed by atoms with E-state index in [4.69, 9.17) is 17.0 Å². The van der Waals surface area contributed by atoms with Gasteiger partial charge in [-0.05, 0) is 18.6 Å². The lowest BCUT2D eigenvalue weighted by Crippen LogP contribution is -2.38. The molecule has 0 unspecified atom stereocenters. The predicted octanol–water partition coefficient (Wildman–Crippen LogP) is 2.75. The minimum Gasteiger partial charge on any atom is -0.379 e. The first-order valence-electron chi connectivity index (χ1n) is 7.95. The van der Waals surface area contributed by atoms with E-state index in [1.807, 2.05) is 0 Å². The van der Waals surface area contributed by atoms with Gasteiger partial charge in [0, 0.05) is 31.7 Å². The summed E-state index contributed by atoms with van der Waals surface area (Å²) in [6, 6.07) is 6.41. The van der Waals surface area contributed by atoms with Crippen molar-refractivity contribution in [2.75, 3.05) is 39.4 Å². The number of benzene rings is 1. The molecule has 0 N–H and O–H groups in total. The Hall–Kier alpha value is -1.28. The number of thioether (sulfide) groups is 1. The van der Waals surface area contributed by atoms with Crippen molar-refractivity contribution < 1.29 is 13.9 Å². The van der Waals surface area contributed by atoms with Crippen molar-refractivity contribution in [1.82, 2.24) is 9.80 Å². The third kappa shape index (κ3) is 4.22. The first kappa shape index (κ1) is 17.5. The lowest BCUT2D eigenvalue weighted by Gasteiger charge is -2.27. The van der Waals surface area contributed by atoms with Gasteiger partial charge in [-0.15, -0.1) is 0 Å². The Morgan fingerprint density at radius 1 is 1.25 bits per heavy atom. The minimum atomic E-state index is -0.338. The van der Waals surface area contributed by atoms with Crippen LogP contribution in [0.3, 0.4) is 0 Å². The van der Waals surface area contributed by atoms with Crippen LogP contribution in [0, 0.1) is 5.82 Å². The number of rotatable bonds is 5. The molecule has 7 heteroatoms. The summed E-state index contributed by atoms with van der Waals surface area (Å²) in [5, 5.41) is 0. The molecule has 2 fully saturated rings. The highest BCUT2D eigenvalue weighted by molar-refractivity contribution is 8.26. The van der Waals surface area contributed by atoms with Gasteiger partial charge in [-0.1, -0.05) is 42.2 Å². The van der Waals surface area contributed by atoms with E-state index < -0.39 is 0 Å². The lowest BCUT2D eigenvalue weighted by molar-refractivity contribution is -0.122. The van der Waals surface area contributed by atoms with Crippen LogP contribution in [-0.4, -0.2) is 59.4 Å². The zero-order chi connectivity index (χ0) is 16.9. The van der Waals surface area contributed by atoms with Crippen LogP contribution in [-0.2, 0) is 9.53 Å². The number of carbonyl (C=O) groups is 1. The summed E-state index contributed by atoms with van der Waals surface area (Å²) in [6.07, 6.45) is 2.44. The van der Waals surface area contributed by atoms with Crippen LogP contribution in [0.5, 0.6) is 0 Å². The SMILES string of the molecule is O=C1/C(=C/c2ccccc2F)SC(=S)N1CCCN1CCOCC1. The maximum Gasteiger partial charge on any atom is 0.266 e. The first-order chi connectivity index (χ1) is 11.6. The van der Waals surface area contributed by atoms with Gasteiger partial charge >= 0.3 is 0 Å². The van der Waals surface area contributed by atoms with Gasteiger partial charge in [-0.2, -0.15) is 0 Å². The smallest absolute Gasteiger partial charge is 0.266 e. The highest BCUT2D eigenvalue weighted by Crippen LogP contribution is 2.32. The molecule has 1 aromatic rings. The molecule has 0 aromatic heterocycles. The fourth-order valence-electron chi connectivity index (χ4n) is 2.70. The van der Waals surface area contributed by atoms with Gasteiger partial charge in [0.05, 0.1) is 18.1 Å². The minimum absolute atomic E-state index is 0.129. The second-order valence-corrected chi connectivity index (χ2v) is 7.34. The Kier molecular flexibility index (Phi) is 5.99. The summed E-state index contributed by atoms with van der Waals surface area (Å²) >= 11 is 6.55. The van der Waals surface area contributed by atoms with Gasteiger partial charge in [0.25, 0.3) is 5.91 Å². The van der Waals surface area contributed by atoms with Crippen molar-refractivity contribution in [2.24, 2.45) is 0 Å². The fourth-order valence-corrected chi connectivity index (χ4v) is 4.00. The van der Waals surface area contributed by atoms with Gasteiger partial charge in [0.2, 0.25) is 0 Å². The van der Waals surface area contributed by atoms with Gasteiger partial charge in [0.1, 0.15) is 10.1 Å². The van der Waals surface area contributed by atoms with E-state index in [0.717, 1.165) is 39.3 Å². The number of halogens is 1. The van der Waals surface area contributed by atoms with E-state index in [0.29, 0.717) is 21.3 Å².